The van der Waals surface area contributed by atoms with Gasteiger partial charge in [-0.1, -0.05) is 18.2 Å². The number of carbonyl (C=O) groups excluding carboxylic acids is 2. The number of hydrogen-bond acceptors (Lipinski definition) is 3. The molecule has 20 heavy (non-hydrogen) atoms. The molecule has 2 amide bonds. The molecule has 0 aromatic heterocycles. The first-order valence-electron chi connectivity index (χ1n) is 6.72. The van der Waals surface area contributed by atoms with Crippen LogP contribution in [0.4, 0.5) is 5.69 Å². The predicted molar refractivity (Wildman–Crippen MR) is 74.8 cm³/mol. The number of hydrogen-bond donors (Lipinski definition) is 0. The third-order valence-electron chi connectivity index (χ3n) is 3.32. The summed E-state index contributed by atoms with van der Waals surface area (Å²) in [6.45, 7) is 1.19. The lowest BCUT2D eigenvalue weighted by atomic mass is 10.2. The number of carbonyl (C=O) groups is 2. The van der Waals surface area contributed by atoms with Gasteiger partial charge in [0, 0.05) is 31.6 Å². The monoisotopic (exact) mass is 271 g/mol. The van der Waals surface area contributed by atoms with E-state index in [0.29, 0.717) is 32.4 Å². The molecule has 104 valence electrons. The second kappa shape index (κ2) is 6.71. The number of para-hydroxylation sites is 1. The maximum atomic E-state index is 12.1. The van der Waals surface area contributed by atoms with Gasteiger partial charge in [0.05, 0.1) is 6.07 Å². The minimum absolute atomic E-state index is 0.0405. The zero-order valence-electron chi connectivity index (χ0n) is 11.3. The Bertz CT molecular complexity index is 522. The number of anilines is 1. The highest BCUT2D eigenvalue weighted by atomic mass is 16.2. The van der Waals surface area contributed by atoms with Crippen molar-refractivity contribution < 1.29 is 9.59 Å². The lowest BCUT2D eigenvalue weighted by Crippen LogP contribution is -2.52. The molecule has 5 nitrogen and oxygen atoms in total. The quantitative estimate of drug-likeness (QED) is 0.780. The molecule has 0 N–H and O–H groups in total. The fourth-order valence-electron chi connectivity index (χ4n) is 2.24. The van der Waals surface area contributed by atoms with Crippen LogP contribution < -0.4 is 4.90 Å². The van der Waals surface area contributed by atoms with Gasteiger partial charge < -0.3 is 9.80 Å². The maximum absolute atomic E-state index is 12.1. The molecule has 2 rings (SSSR count). The van der Waals surface area contributed by atoms with Gasteiger partial charge in [-0.2, -0.15) is 5.26 Å². The average Bonchev–Trinajstić information content (AvgIpc) is 2.48. The van der Waals surface area contributed by atoms with Crippen molar-refractivity contribution in [1.82, 2.24) is 4.90 Å². The van der Waals surface area contributed by atoms with Crippen LogP contribution in [0.15, 0.2) is 30.3 Å². The minimum Gasteiger partial charge on any atom is -0.332 e. The van der Waals surface area contributed by atoms with Crippen LogP contribution in [0.2, 0.25) is 0 Å². The predicted octanol–water partition coefficient (Wildman–Crippen LogP) is 1.56. The van der Waals surface area contributed by atoms with E-state index < -0.39 is 0 Å². The summed E-state index contributed by atoms with van der Waals surface area (Å²) in [5.41, 5.74) is 0.870. The summed E-state index contributed by atoms with van der Waals surface area (Å²) in [5.74, 6) is -0.0996. The van der Waals surface area contributed by atoms with E-state index in [2.05, 4.69) is 0 Å². The fraction of sp³-hybridized carbons (Fsp3) is 0.400. The molecule has 1 aromatic rings. The number of amides is 2. The zero-order chi connectivity index (χ0) is 14.4. The molecule has 1 aliphatic heterocycles. The highest BCUT2D eigenvalue weighted by Crippen LogP contribution is 2.17. The average molecular weight is 271 g/mol. The Hall–Kier alpha value is -2.35. The van der Waals surface area contributed by atoms with Crippen molar-refractivity contribution >= 4 is 17.5 Å². The Labute approximate surface area is 118 Å². The number of rotatable bonds is 4. The van der Waals surface area contributed by atoms with Crippen LogP contribution in [0, 0.1) is 11.3 Å². The second-order valence-electron chi connectivity index (χ2n) is 4.71. The van der Waals surface area contributed by atoms with E-state index in [4.69, 9.17) is 5.26 Å². The molecule has 1 saturated heterocycles. The molecule has 1 fully saturated rings. The lowest BCUT2D eigenvalue weighted by Gasteiger charge is -2.34. The maximum Gasteiger partial charge on any atom is 0.246 e. The Kier molecular flexibility index (Phi) is 4.72. The Morgan fingerprint density at radius 1 is 1.25 bits per heavy atom. The second-order valence-corrected chi connectivity index (χ2v) is 4.71. The van der Waals surface area contributed by atoms with Crippen molar-refractivity contribution in [3.63, 3.8) is 0 Å². The first-order valence-corrected chi connectivity index (χ1v) is 6.72. The molecule has 0 atom stereocenters. The molecular formula is C15H17N3O2. The van der Waals surface area contributed by atoms with Crippen molar-refractivity contribution in [1.29, 1.82) is 5.26 Å². The number of unbranched alkanes of at least 4 members (excludes halogenated alkanes) is 1. The van der Waals surface area contributed by atoms with Crippen LogP contribution in [0.1, 0.15) is 19.3 Å². The molecule has 1 aromatic carbocycles. The van der Waals surface area contributed by atoms with Crippen LogP contribution in [0.5, 0.6) is 0 Å². The fourth-order valence-corrected chi connectivity index (χ4v) is 2.24. The summed E-state index contributed by atoms with van der Waals surface area (Å²) in [6, 6.07) is 11.5. The molecule has 0 unspecified atom stereocenters. The molecule has 1 aliphatic rings. The zero-order valence-corrected chi connectivity index (χ0v) is 11.3. The van der Waals surface area contributed by atoms with Crippen LogP contribution in [0.25, 0.3) is 0 Å². The third kappa shape index (κ3) is 3.35. The van der Waals surface area contributed by atoms with Gasteiger partial charge in [-0.05, 0) is 18.6 Å². The molecule has 0 spiro atoms. The van der Waals surface area contributed by atoms with E-state index in [9.17, 15) is 9.59 Å². The molecule has 1 heterocycles. The van der Waals surface area contributed by atoms with Gasteiger partial charge in [-0.15, -0.1) is 0 Å². The topological polar surface area (TPSA) is 64.4 Å². The van der Waals surface area contributed by atoms with E-state index in [1.54, 1.807) is 9.80 Å². The van der Waals surface area contributed by atoms with Gasteiger partial charge in [-0.3, -0.25) is 9.59 Å². The smallest absolute Gasteiger partial charge is 0.246 e. The Morgan fingerprint density at radius 3 is 2.65 bits per heavy atom. The van der Waals surface area contributed by atoms with Gasteiger partial charge in [0.2, 0.25) is 11.8 Å². The number of piperazine rings is 1. The van der Waals surface area contributed by atoms with Gasteiger partial charge >= 0.3 is 0 Å². The SMILES string of the molecule is N#CCCCC(=O)N1CCN(c2ccccc2)C(=O)C1. The van der Waals surface area contributed by atoms with Gasteiger partial charge in [0.15, 0.2) is 0 Å². The number of benzene rings is 1. The van der Waals surface area contributed by atoms with Crippen LogP contribution in [-0.4, -0.2) is 36.3 Å². The van der Waals surface area contributed by atoms with Crippen molar-refractivity contribution in [3.8, 4) is 6.07 Å². The molecular weight excluding hydrogens is 254 g/mol. The van der Waals surface area contributed by atoms with Crippen molar-refractivity contribution in [3.05, 3.63) is 30.3 Å². The molecule has 5 heteroatoms. The summed E-state index contributed by atoms with van der Waals surface area (Å²) in [4.78, 5) is 27.3. The van der Waals surface area contributed by atoms with Crippen molar-refractivity contribution in [2.45, 2.75) is 19.3 Å². The molecule has 0 aliphatic carbocycles. The normalized spacial score (nSPS) is 15.1. The Balaban J connectivity index is 1.91. The lowest BCUT2D eigenvalue weighted by molar-refractivity contribution is -0.136. The van der Waals surface area contributed by atoms with Crippen LogP contribution in [-0.2, 0) is 9.59 Å². The summed E-state index contributed by atoms with van der Waals surface area (Å²) >= 11 is 0. The number of nitrogens with zero attached hydrogens (tertiary/aromatic N) is 3. The minimum atomic E-state index is -0.0592. The van der Waals surface area contributed by atoms with Gasteiger partial charge in [-0.25, -0.2) is 0 Å². The summed E-state index contributed by atoms with van der Waals surface area (Å²) in [6.07, 6.45) is 1.28. The summed E-state index contributed by atoms with van der Waals surface area (Å²) in [7, 11) is 0. The molecule has 0 saturated carbocycles. The third-order valence-corrected chi connectivity index (χ3v) is 3.32. The highest BCUT2D eigenvalue weighted by Gasteiger charge is 2.27. The standard InChI is InChI=1S/C15H17N3O2/c16-9-5-4-8-14(19)17-10-11-18(15(20)12-17)13-6-2-1-3-7-13/h1-3,6-7H,4-5,8,10-12H2. The van der Waals surface area contributed by atoms with Gasteiger partial charge in [0.25, 0.3) is 0 Å². The Morgan fingerprint density at radius 2 is 2.00 bits per heavy atom. The van der Waals surface area contributed by atoms with E-state index in [-0.39, 0.29) is 18.4 Å². The van der Waals surface area contributed by atoms with E-state index in [1.807, 2.05) is 36.4 Å². The van der Waals surface area contributed by atoms with Crippen LogP contribution >= 0.6 is 0 Å². The van der Waals surface area contributed by atoms with Crippen LogP contribution in [0.3, 0.4) is 0 Å². The first-order chi connectivity index (χ1) is 9.72. The summed E-state index contributed by atoms with van der Waals surface area (Å²) in [5, 5.41) is 8.46. The molecule has 0 radical (unpaired) electrons. The highest BCUT2D eigenvalue weighted by molar-refractivity contribution is 5.97. The summed E-state index contributed by atoms with van der Waals surface area (Å²) < 4.78 is 0. The molecule has 0 bridgehead atoms. The van der Waals surface area contributed by atoms with E-state index in [1.165, 1.54) is 0 Å². The van der Waals surface area contributed by atoms with Gasteiger partial charge in [0.1, 0.15) is 6.54 Å². The largest absolute Gasteiger partial charge is 0.332 e. The first kappa shape index (κ1) is 14.1. The van der Waals surface area contributed by atoms with Crippen molar-refractivity contribution in [2.24, 2.45) is 0 Å². The van der Waals surface area contributed by atoms with E-state index >= 15 is 0 Å². The van der Waals surface area contributed by atoms with E-state index in [0.717, 1.165) is 5.69 Å². The van der Waals surface area contributed by atoms with Crippen molar-refractivity contribution in [2.75, 3.05) is 24.5 Å². The number of nitriles is 1.